The fourth-order valence-electron chi connectivity index (χ4n) is 6.35. The molecule has 7 heteroatoms. The first kappa shape index (κ1) is 19.5. The van der Waals surface area contributed by atoms with E-state index >= 15 is 0 Å². The van der Waals surface area contributed by atoms with Gasteiger partial charge in [-0.25, -0.2) is 0 Å². The van der Waals surface area contributed by atoms with Gasteiger partial charge in [0.05, 0.1) is 25.0 Å². The molecule has 1 aromatic rings. The standard InChI is InChI=1S/C22H26N2O5/c1-28-14-5-3-13(4-6-14)22(19(24)27)16-8-7-15(20(16)11-12-20)21(22,18(23)26)10-9-17(25)29-2/h3-8,15-16H,9-12H2,1-2H3,(H2,23,26)(H2,24,27)/t15-,16+,21+,22-/m1/s1. The van der Waals surface area contributed by atoms with Crippen LogP contribution in [0.15, 0.2) is 36.4 Å². The molecular weight excluding hydrogens is 372 g/mol. The molecule has 0 unspecified atom stereocenters. The first-order valence-electron chi connectivity index (χ1n) is 9.80. The molecular formula is C22H26N2O5. The van der Waals surface area contributed by atoms with Gasteiger partial charge in [-0.1, -0.05) is 24.3 Å². The molecule has 0 saturated heterocycles. The Bertz CT molecular complexity index is 904. The van der Waals surface area contributed by atoms with Crippen LogP contribution in [-0.2, 0) is 24.5 Å². The lowest BCUT2D eigenvalue weighted by molar-refractivity contribution is -0.147. The number of methoxy groups -OCH3 is 2. The summed E-state index contributed by atoms with van der Waals surface area (Å²) in [6.45, 7) is 0. The molecule has 4 N–H and O–H groups in total. The number of ether oxygens (including phenoxy) is 2. The monoisotopic (exact) mass is 398 g/mol. The smallest absolute Gasteiger partial charge is 0.305 e. The van der Waals surface area contributed by atoms with E-state index in [1.54, 1.807) is 31.4 Å². The van der Waals surface area contributed by atoms with E-state index in [1.165, 1.54) is 7.11 Å². The molecule has 7 nitrogen and oxygen atoms in total. The molecule has 3 aliphatic carbocycles. The molecule has 4 rings (SSSR count). The Balaban J connectivity index is 1.96. The Morgan fingerprint density at radius 2 is 1.62 bits per heavy atom. The summed E-state index contributed by atoms with van der Waals surface area (Å²) in [4.78, 5) is 38.4. The van der Waals surface area contributed by atoms with Gasteiger partial charge in [-0.3, -0.25) is 14.4 Å². The molecule has 0 aromatic heterocycles. The minimum Gasteiger partial charge on any atom is -0.497 e. The maximum atomic E-state index is 13.3. The van der Waals surface area contributed by atoms with Gasteiger partial charge in [0, 0.05) is 12.3 Å². The number of allylic oxidation sites excluding steroid dienone is 2. The lowest BCUT2D eigenvalue weighted by atomic mass is 9.52. The number of rotatable bonds is 7. The van der Waals surface area contributed by atoms with Crippen LogP contribution in [0.1, 0.15) is 31.2 Å². The van der Waals surface area contributed by atoms with Crippen LogP contribution in [-0.4, -0.2) is 32.0 Å². The van der Waals surface area contributed by atoms with Crippen molar-refractivity contribution in [3.05, 3.63) is 42.0 Å². The molecule has 4 atom stereocenters. The van der Waals surface area contributed by atoms with Crippen LogP contribution in [0.25, 0.3) is 0 Å². The van der Waals surface area contributed by atoms with E-state index in [0.717, 1.165) is 12.8 Å². The Kier molecular flexibility index (Phi) is 4.26. The van der Waals surface area contributed by atoms with Gasteiger partial charge in [0.15, 0.2) is 0 Å². The first-order valence-corrected chi connectivity index (χ1v) is 9.80. The van der Waals surface area contributed by atoms with E-state index in [2.05, 4.69) is 0 Å². The lowest BCUT2D eigenvalue weighted by Crippen LogP contribution is -2.62. The van der Waals surface area contributed by atoms with Crippen molar-refractivity contribution in [1.29, 1.82) is 0 Å². The minimum absolute atomic E-state index is 0.0161. The molecule has 154 valence electrons. The van der Waals surface area contributed by atoms with Crippen LogP contribution in [0.2, 0.25) is 0 Å². The summed E-state index contributed by atoms with van der Waals surface area (Å²) in [5.74, 6) is -1.48. The van der Waals surface area contributed by atoms with Crippen molar-refractivity contribution in [3.8, 4) is 5.75 Å². The summed E-state index contributed by atoms with van der Waals surface area (Å²) in [6.07, 6.45) is 5.91. The molecule has 29 heavy (non-hydrogen) atoms. The zero-order valence-corrected chi connectivity index (χ0v) is 16.6. The maximum Gasteiger partial charge on any atom is 0.305 e. The number of primary amides is 2. The SMILES string of the molecule is COC(=O)CC[C@@]1(C(N)=O)[C@@H]2C=C[C@@H](C23CC3)[C@@]1(C(N)=O)c1ccc(OC)cc1. The third-order valence-corrected chi connectivity index (χ3v) is 7.59. The number of hydrogen-bond acceptors (Lipinski definition) is 5. The van der Waals surface area contributed by atoms with Crippen molar-refractivity contribution in [2.45, 2.75) is 31.1 Å². The third kappa shape index (κ3) is 2.21. The highest BCUT2D eigenvalue weighted by Gasteiger charge is 2.82. The molecule has 2 amide bonds. The van der Waals surface area contributed by atoms with E-state index in [1.807, 2.05) is 12.2 Å². The molecule has 0 aliphatic heterocycles. The second-order valence-electron chi connectivity index (χ2n) is 8.39. The van der Waals surface area contributed by atoms with Gasteiger partial charge in [0.25, 0.3) is 0 Å². The predicted molar refractivity (Wildman–Crippen MR) is 105 cm³/mol. The van der Waals surface area contributed by atoms with Crippen molar-refractivity contribution < 1.29 is 23.9 Å². The van der Waals surface area contributed by atoms with E-state index in [4.69, 9.17) is 20.9 Å². The fourth-order valence-corrected chi connectivity index (χ4v) is 6.35. The molecule has 0 radical (unpaired) electrons. The molecule has 0 heterocycles. The van der Waals surface area contributed by atoms with E-state index in [-0.39, 0.29) is 30.1 Å². The summed E-state index contributed by atoms with van der Waals surface area (Å²) in [7, 11) is 2.86. The highest BCUT2D eigenvalue weighted by molar-refractivity contribution is 6.00. The summed E-state index contributed by atoms with van der Waals surface area (Å²) >= 11 is 0. The minimum atomic E-state index is -1.32. The average molecular weight is 398 g/mol. The van der Waals surface area contributed by atoms with Gasteiger partial charge in [0.1, 0.15) is 5.75 Å². The summed E-state index contributed by atoms with van der Waals surface area (Å²) in [5, 5.41) is 0. The lowest BCUT2D eigenvalue weighted by Gasteiger charge is -2.48. The number of amides is 2. The van der Waals surface area contributed by atoms with Crippen molar-refractivity contribution in [1.82, 2.24) is 0 Å². The van der Waals surface area contributed by atoms with Crippen LogP contribution in [0.3, 0.4) is 0 Å². The molecule has 1 spiro atoms. The molecule has 2 fully saturated rings. The van der Waals surface area contributed by atoms with E-state index < -0.39 is 28.6 Å². The number of nitrogens with two attached hydrogens (primary N) is 2. The zero-order chi connectivity index (χ0) is 21.0. The van der Waals surface area contributed by atoms with Crippen LogP contribution in [0.4, 0.5) is 0 Å². The Hall–Kier alpha value is -2.83. The second-order valence-corrected chi connectivity index (χ2v) is 8.39. The van der Waals surface area contributed by atoms with Crippen molar-refractivity contribution in [2.75, 3.05) is 14.2 Å². The highest BCUT2D eigenvalue weighted by Crippen LogP contribution is 2.80. The first-order chi connectivity index (χ1) is 13.8. The van der Waals surface area contributed by atoms with Gasteiger partial charge >= 0.3 is 5.97 Å². The third-order valence-electron chi connectivity index (χ3n) is 7.59. The zero-order valence-electron chi connectivity index (χ0n) is 16.6. The summed E-state index contributed by atoms with van der Waals surface area (Å²) < 4.78 is 10.1. The van der Waals surface area contributed by atoms with Crippen molar-refractivity contribution in [3.63, 3.8) is 0 Å². The van der Waals surface area contributed by atoms with Gasteiger partial charge in [-0.2, -0.15) is 0 Å². The highest BCUT2D eigenvalue weighted by atomic mass is 16.5. The molecule has 3 aliphatic rings. The van der Waals surface area contributed by atoms with Gasteiger partial charge < -0.3 is 20.9 Å². The average Bonchev–Trinajstić information content (AvgIpc) is 3.38. The van der Waals surface area contributed by atoms with Crippen LogP contribution >= 0.6 is 0 Å². The van der Waals surface area contributed by atoms with E-state index in [9.17, 15) is 14.4 Å². The molecule has 1 aromatic carbocycles. The maximum absolute atomic E-state index is 13.3. The normalized spacial score (nSPS) is 32.9. The Morgan fingerprint density at radius 1 is 1.00 bits per heavy atom. The van der Waals surface area contributed by atoms with Crippen molar-refractivity contribution >= 4 is 17.8 Å². The van der Waals surface area contributed by atoms with E-state index in [0.29, 0.717) is 11.3 Å². The number of hydrogen-bond donors (Lipinski definition) is 2. The quantitative estimate of drug-likeness (QED) is 0.532. The largest absolute Gasteiger partial charge is 0.497 e. The summed E-state index contributed by atoms with van der Waals surface area (Å²) in [5.41, 5.74) is 9.95. The second kappa shape index (κ2) is 6.34. The van der Waals surface area contributed by atoms with Crippen LogP contribution in [0, 0.1) is 22.7 Å². The topological polar surface area (TPSA) is 122 Å². The van der Waals surface area contributed by atoms with Crippen molar-refractivity contribution in [2.24, 2.45) is 34.1 Å². The number of esters is 1. The summed E-state index contributed by atoms with van der Waals surface area (Å²) in [6, 6.07) is 7.07. The predicted octanol–water partition coefficient (Wildman–Crippen LogP) is 1.44. The van der Waals surface area contributed by atoms with Gasteiger partial charge in [-0.15, -0.1) is 0 Å². The molecule has 2 bridgehead atoms. The number of benzene rings is 1. The Labute approximate surface area is 169 Å². The number of carbonyl (C=O) groups is 3. The number of carbonyl (C=O) groups excluding carboxylic acids is 3. The van der Waals surface area contributed by atoms with Gasteiger partial charge in [-0.05, 0) is 48.3 Å². The molecule has 2 saturated carbocycles. The fraction of sp³-hybridized carbons (Fsp3) is 0.500. The Morgan fingerprint density at radius 3 is 2.10 bits per heavy atom. The van der Waals surface area contributed by atoms with Crippen LogP contribution in [0.5, 0.6) is 5.75 Å². The van der Waals surface area contributed by atoms with Gasteiger partial charge in [0.2, 0.25) is 11.8 Å². The van der Waals surface area contributed by atoms with Crippen LogP contribution < -0.4 is 16.2 Å².